The Kier molecular flexibility index (Phi) is 5.51. The van der Waals surface area contributed by atoms with Crippen molar-refractivity contribution in [1.82, 2.24) is 4.90 Å². The summed E-state index contributed by atoms with van der Waals surface area (Å²) in [5, 5.41) is 2.50. The molecule has 2 amide bonds. The van der Waals surface area contributed by atoms with Crippen molar-refractivity contribution in [1.29, 1.82) is 0 Å². The fourth-order valence-electron chi connectivity index (χ4n) is 3.43. The van der Waals surface area contributed by atoms with Gasteiger partial charge in [0.25, 0.3) is 0 Å². The smallest absolute Gasteiger partial charge is 0.237 e. The Morgan fingerprint density at radius 1 is 1.18 bits per heavy atom. The van der Waals surface area contributed by atoms with Crippen molar-refractivity contribution in [2.24, 2.45) is 5.92 Å². The van der Waals surface area contributed by atoms with E-state index in [0.717, 1.165) is 11.8 Å². The molecule has 3 rings (SSSR count). The predicted molar refractivity (Wildman–Crippen MR) is 104 cm³/mol. The number of rotatable bonds is 5. The van der Waals surface area contributed by atoms with E-state index >= 15 is 0 Å². The molecule has 1 heterocycles. The number of likely N-dealkylation sites (tertiary alicyclic amines) is 1. The lowest BCUT2D eigenvalue weighted by molar-refractivity contribution is -0.135. The number of para-hydroxylation sites is 1. The molecule has 6 nitrogen and oxygen atoms in total. The van der Waals surface area contributed by atoms with E-state index in [4.69, 9.17) is 0 Å². The van der Waals surface area contributed by atoms with Gasteiger partial charge in [0.1, 0.15) is 11.7 Å². The maximum absolute atomic E-state index is 13.9. The minimum absolute atomic E-state index is 0.0251. The maximum atomic E-state index is 13.9. The molecule has 1 aliphatic rings. The number of nitrogens with zero attached hydrogens (tertiary/aromatic N) is 1. The van der Waals surface area contributed by atoms with Gasteiger partial charge in [-0.1, -0.05) is 36.4 Å². The van der Waals surface area contributed by atoms with E-state index < -0.39 is 33.4 Å². The highest BCUT2D eigenvalue weighted by Gasteiger charge is 2.44. The van der Waals surface area contributed by atoms with Gasteiger partial charge in [-0.25, -0.2) is 12.8 Å². The number of carbonyl (C=O) groups excluding carboxylic acids is 2. The van der Waals surface area contributed by atoms with Crippen LogP contribution in [0.25, 0.3) is 0 Å². The second-order valence-electron chi connectivity index (χ2n) is 7.08. The van der Waals surface area contributed by atoms with Gasteiger partial charge in [0.05, 0.1) is 11.4 Å². The zero-order valence-electron chi connectivity index (χ0n) is 15.6. The maximum Gasteiger partial charge on any atom is 0.237 e. The first-order valence-electron chi connectivity index (χ1n) is 8.72. The van der Waals surface area contributed by atoms with E-state index in [1.165, 1.54) is 23.1 Å². The van der Waals surface area contributed by atoms with Crippen LogP contribution in [0.15, 0.2) is 48.5 Å². The minimum atomic E-state index is -3.15. The Labute approximate surface area is 163 Å². The lowest BCUT2D eigenvalue weighted by atomic mass is 9.87. The third-order valence-corrected chi connectivity index (χ3v) is 5.62. The molecule has 28 heavy (non-hydrogen) atoms. The van der Waals surface area contributed by atoms with E-state index in [9.17, 15) is 22.4 Å². The predicted octanol–water partition coefficient (Wildman–Crippen LogP) is 2.18. The van der Waals surface area contributed by atoms with Gasteiger partial charge in [-0.2, -0.15) is 0 Å². The van der Waals surface area contributed by atoms with Crippen LogP contribution in [0.3, 0.4) is 0 Å². The van der Waals surface area contributed by atoms with Crippen LogP contribution in [-0.4, -0.2) is 45.0 Å². The molecule has 1 fully saturated rings. The third kappa shape index (κ3) is 4.39. The second-order valence-corrected chi connectivity index (χ2v) is 9.22. The summed E-state index contributed by atoms with van der Waals surface area (Å²) in [6.45, 7) is 0.347. The Balaban J connectivity index is 1.84. The highest BCUT2D eigenvalue weighted by Crippen LogP contribution is 2.34. The number of amides is 2. The number of carbonyl (C=O) groups is 2. The summed E-state index contributed by atoms with van der Waals surface area (Å²) in [6, 6.07) is 12.6. The Hall–Kier alpha value is -2.74. The Morgan fingerprint density at radius 3 is 2.43 bits per heavy atom. The van der Waals surface area contributed by atoms with Gasteiger partial charge in [-0.3, -0.25) is 9.59 Å². The molecular formula is C20H21FN2O4S. The molecule has 0 unspecified atom stereocenters. The van der Waals surface area contributed by atoms with Crippen molar-refractivity contribution in [2.75, 3.05) is 25.2 Å². The summed E-state index contributed by atoms with van der Waals surface area (Å²) in [6.07, 6.45) is 1.16. The molecular weight excluding hydrogens is 383 g/mol. The zero-order valence-corrected chi connectivity index (χ0v) is 16.4. The molecule has 0 radical (unpaired) electrons. The standard InChI is InChI=1S/C20H21FN2O4S/c1-23-11-15(14-9-7-13(8-10-14)12-28(2,26)27)18(20(23)25)19(24)22-17-6-4-3-5-16(17)21/h3-10,15,18H,11-12H2,1-2H3,(H,22,24)/t15-,18+/m0/s1. The van der Waals surface area contributed by atoms with Crippen LogP contribution in [0.2, 0.25) is 0 Å². The average Bonchev–Trinajstić information content (AvgIpc) is 2.91. The van der Waals surface area contributed by atoms with Gasteiger partial charge >= 0.3 is 0 Å². The molecule has 2 aromatic carbocycles. The first kappa shape index (κ1) is 20.0. The van der Waals surface area contributed by atoms with Crippen LogP contribution in [0.1, 0.15) is 17.0 Å². The SMILES string of the molecule is CN1C[C@@H](c2ccc(CS(C)(=O)=O)cc2)[C@H](C(=O)Nc2ccccc2F)C1=O. The molecule has 1 aliphatic heterocycles. The number of nitrogens with one attached hydrogen (secondary N) is 1. The molecule has 0 bridgehead atoms. The molecule has 0 aromatic heterocycles. The summed E-state index contributed by atoms with van der Waals surface area (Å²) >= 11 is 0. The number of likely N-dealkylation sites (N-methyl/N-ethyl adjacent to an activating group) is 1. The van der Waals surface area contributed by atoms with Crippen LogP contribution < -0.4 is 5.32 Å². The molecule has 2 atom stereocenters. The quantitative estimate of drug-likeness (QED) is 0.775. The topological polar surface area (TPSA) is 83.6 Å². The number of anilines is 1. The average molecular weight is 404 g/mol. The Morgan fingerprint density at radius 2 is 1.82 bits per heavy atom. The van der Waals surface area contributed by atoms with Crippen molar-refractivity contribution in [2.45, 2.75) is 11.7 Å². The molecule has 0 saturated carbocycles. The van der Waals surface area contributed by atoms with Crippen LogP contribution in [0.4, 0.5) is 10.1 Å². The Bertz CT molecular complexity index is 1010. The van der Waals surface area contributed by atoms with E-state index in [1.54, 1.807) is 37.4 Å². The van der Waals surface area contributed by atoms with Crippen molar-refractivity contribution in [3.8, 4) is 0 Å². The van der Waals surface area contributed by atoms with Gasteiger partial charge < -0.3 is 10.2 Å². The van der Waals surface area contributed by atoms with Gasteiger partial charge in [-0.05, 0) is 23.3 Å². The van der Waals surface area contributed by atoms with Crippen LogP contribution in [-0.2, 0) is 25.2 Å². The van der Waals surface area contributed by atoms with E-state index in [2.05, 4.69) is 5.32 Å². The monoisotopic (exact) mass is 404 g/mol. The molecule has 0 spiro atoms. The van der Waals surface area contributed by atoms with Gasteiger partial charge in [0, 0.05) is 25.8 Å². The summed E-state index contributed by atoms with van der Waals surface area (Å²) in [5.74, 6) is -2.93. The highest BCUT2D eigenvalue weighted by molar-refractivity contribution is 7.89. The highest BCUT2D eigenvalue weighted by atomic mass is 32.2. The van der Waals surface area contributed by atoms with Gasteiger partial charge in [0.2, 0.25) is 11.8 Å². The van der Waals surface area contributed by atoms with Crippen molar-refractivity contribution in [3.63, 3.8) is 0 Å². The van der Waals surface area contributed by atoms with Crippen LogP contribution >= 0.6 is 0 Å². The summed E-state index contributed by atoms with van der Waals surface area (Å²) in [4.78, 5) is 26.8. The number of hydrogen-bond donors (Lipinski definition) is 1. The van der Waals surface area contributed by atoms with E-state index in [1.807, 2.05) is 0 Å². The number of hydrogen-bond acceptors (Lipinski definition) is 4. The van der Waals surface area contributed by atoms with Crippen molar-refractivity contribution >= 4 is 27.3 Å². The third-order valence-electron chi connectivity index (χ3n) is 4.77. The van der Waals surface area contributed by atoms with E-state index in [0.29, 0.717) is 12.1 Å². The molecule has 1 saturated heterocycles. The fraction of sp³-hybridized carbons (Fsp3) is 0.300. The van der Waals surface area contributed by atoms with Gasteiger partial charge in [0.15, 0.2) is 9.84 Å². The minimum Gasteiger partial charge on any atom is -0.344 e. The molecule has 0 aliphatic carbocycles. The van der Waals surface area contributed by atoms with Crippen molar-refractivity contribution < 1.29 is 22.4 Å². The van der Waals surface area contributed by atoms with Crippen LogP contribution in [0, 0.1) is 11.7 Å². The normalized spacial score (nSPS) is 19.7. The molecule has 8 heteroatoms. The lowest BCUT2D eigenvalue weighted by Gasteiger charge is -2.17. The van der Waals surface area contributed by atoms with Crippen LogP contribution in [0.5, 0.6) is 0 Å². The van der Waals surface area contributed by atoms with Gasteiger partial charge in [-0.15, -0.1) is 0 Å². The summed E-state index contributed by atoms with van der Waals surface area (Å²) < 4.78 is 36.7. The molecule has 2 aromatic rings. The lowest BCUT2D eigenvalue weighted by Crippen LogP contribution is -2.33. The second kappa shape index (κ2) is 7.71. The molecule has 1 N–H and O–H groups in total. The van der Waals surface area contributed by atoms with Crippen molar-refractivity contribution in [3.05, 3.63) is 65.5 Å². The first-order chi connectivity index (χ1) is 13.2. The zero-order chi connectivity index (χ0) is 20.5. The summed E-state index contributed by atoms with van der Waals surface area (Å²) in [7, 11) is -1.54. The van der Waals surface area contributed by atoms with E-state index in [-0.39, 0.29) is 17.3 Å². The largest absolute Gasteiger partial charge is 0.344 e. The number of benzene rings is 2. The first-order valence-corrected chi connectivity index (χ1v) is 10.8. The number of sulfone groups is 1. The molecule has 148 valence electrons. The fourth-order valence-corrected chi connectivity index (χ4v) is 4.23. The number of halogens is 1. The summed E-state index contributed by atoms with van der Waals surface area (Å²) in [5.41, 5.74) is 1.41.